The highest BCUT2D eigenvalue weighted by Crippen LogP contribution is 2.29. The minimum atomic E-state index is -0.429. The highest BCUT2D eigenvalue weighted by molar-refractivity contribution is 5.98. The van der Waals surface area contributed by atoms with Gasteiger partial charge in [-0.2, -0.15) is 0 Å². The third-order valence-electron chi connectivity index (χ3n) is 4.71. The SMILES string of the molecule is CC(=O)N1CCc2cc(C(=O)NC(C)(CN)C(C)C)ccc21.Cl. The fourth-order valence-electron chi connectivity index (χ4n) is 2.63. The van der Waals surface area contributed by atoms with Crippen molar-refractivity contribution in [3.63, 3.8) is 0 Å². The van der Waals surface area contributed by atoms with Gasteiger partial charge < -0.3 is 16.0 Å². The van der Waals surface area contributed by atoms with E-state index in [2.05, 4.69) is 5.32 Å². The number of hydrogen-bond acceptors (Lipinski definition) is 3. The molecule has 2 rings (SSSR count). The van der Waals surface area contributed by atoms with Crippen molar-refractivity contribution in [3.8, 4) is 0 Å². The molecule has 1 aliphatic heterocycles. The Hall–Kier alpha value is -1.59. The summed E-state index contributed by atoms with van der Waals surface area (Å²) in [5.41, 5.74) is 7.96. The molecular formula is C17H26ClN3O2. The first-order valence-electron chi connectivity index (χ1n) is 7.72. The summed E-state index contributed by atoms with van der Waals surface area (Å²) < 4.78 is 0. The van der Waals surface area contributed by atoms with Crippen LogP contribution < -0.4 is 16.0 Å². The lowest BCUT2D eigenvalue weighted by Crippen LogP contribution is -2.55. The normalized spacial score (nSPS) is 15.7. The lowest BCUT2D eigenvalue weighted by molar-refractivity contribution is -0.116. The number of hydrogen-bond donors (Lipinski definition) is 2. The van der Waals surface area contributed by atoms with Crippen molar-refractivity contribution in [2.75, 3.05) is 18.0 Å². The quantitative estimate of drug-likeness (QED) is 0.882. The predicted molar refractivity (Wildman–Crippen MR) is 95.2 cm³/mol. The lowest BCUT2D eigenvalue weighted by atomic mass is 9.88. The number of anilines is 1. The average Bonchev–Trinajstić information content (AvgIpc) is 2.89. The minimum absolute atomic E-state index is 0. The molecular weight excluding hydrogens is 314 g/mol. The van der Waals surface area contributed by atoms with E-state index in [9.17, 15) is 9.59 Å². The molecule has 128 valence electrons. The van der Waals surface area contributed by atoms with Crippen molar-refractivity contribution < 1.29 is 9.59 Å². The monoisotopic (exact) mass is 339 g/mol. The van der Waals surface area contributed by atoms with E-state index in [0.717, 1.165) is 17.7 Å². The van der Waals surface area contributed by atoms with E-state index in [1.165, 1.54) is 0 Å². The molecule has 0 bridgehead atoms. The second kappa shape index (κ2) is 7.32. The van der Waals surface area contributed by atoms with E-state index < -0.39 is 5.54 Å². The van der Waals surface area contributed by atoms with Crippen LogP contribution in [0.25, 0.3) is 0 Å². The highest BCUT2D eigenvalue weighted by atomic mass is 35.5. The first-order chi connectivity index (χ1) is 10.3. The predicted octanol–water partition coefficient (Wildman–Crippen LogP) is 2.12. The zero-order valence-electron chi connectivity index (χ0n) is 14.2. The van der Waals surface area contributed by atoms with Crippen molar-refractivity contribution in [2.45, 2.75) is 39.7 Å². The van der Waals surface area contributed by atoms with Gasteiger partial charge >= 0.3 is 0 Å². The second-order valence-electron chi connectivity index (χ2n) is 6.49. The zero-order valence-corrected chi connectivity index (χ0v) is 15.0. The van der Waals surface area contributed by atoms with Crippen molar-refractivity contribution in [2.24, 2.45) is 11.7 Å². The molecule has 0 saturated heterocycles. The molecule has 0 aliphatic carbocycles. The fourth-order valence-corrected chi connectivity index (χ4v) is 2.63. The molecule has 1 aromatic rings. The van der Waals surface area contributed by atoms with E-state index in [4.69, 9.17) is 5.73 Å². The third-order valence-corrected chi connectivity index (χ3v) is 4.71. The molecule has 6 heteroatoms. The van der Waals surface area contributed by atoms with Crippen LogP contribution in [0, 0.1) is 5.92 Å². The second-order valence-corrected chi connectivity index (χ2v) is 6.49. The molecule has 1 aromatic carbocycles. The molecule has 0 fully saturated rings. The van der Waals surface area contributed by atoms with Gasteiger partial charge in [-0.05, 0) is 43.0 Å². The first-order valence-corrected chi connectivity index (χ1v) is 7.72. The summed E-state index contributed by atoms with van der Waals surface area (Å²) in [6, 6.07) is 5.51. The van der Waals surface area contributed by atoms with Crippen LogP contribution >= 0.6 is 12.4 Å². The smallest absolute Gasteiger partial charge is 0.251 e. The van der Waals surface area contributed by atoms with Crippen LogP contribution in [0.2, 0.25) is 0 Å². The van der Waals surface area contributed by atoms with Gasteiger partial charge in [0.1, 0.15) is 0 Å². The van der Waals surface area contributed by atoms with Gasteiger partial charge in [-0.15, -0.1) is 12.4 Å². The molecule has 0 radical (unpaired) electrons. The number of rotatable bonds is 4. The average molecular weight is 340 g/mol. The maximum absolute atomic E-state index is 12.5. The lowest BCUT2D eigenvalue weighted by Gasteiger charge is -2.33. The number of nitrogens with zero attached hydrogens (tertiary/aromatic N) is 1. The van der Waals surface area contributed by atoms with E-state index in [1.807, 2.05) is 32.9 Å². The van der Waals surface area contributed by atoms with Gasteiger partial charge in [0, 0.05) is 31.3 Å². The number of halogens is 1. The molecule has 3 N–H and O–H groups in total. The molecule has 2 amide bonds. The number of nitrogens with two attached hydrogens (primary N) is 1. The number of amides is 2. The summed E-state index contributed by atoms with van der Waals surface area (Å²) >= 11 is 0. The van der Waals surface area contributed by atoms with Crippen LogP contribution in [-0.4, -0.2) is 30.4 Å². The fraction of sp³-hybridized carbons (Fsp3) is 0.529. The third kappa shape index (κ3) is 3.85. The van der Waals surface area contributed by atoms with Gasteiger partial charge in [0.25, 0.3) is 5.91 Å². The largest absolute Gasteiger partial charge is 0.345 e. The summed E-state index contributed by atoms with van der Waals surface area (Å²) in [4.78, 5) is 25.8. The Balaban J connectivity index is 0.00000264. The van der Waals surface area contributed by atoms with Crippen molar-refractivity contribution in [3.05, 3.63) is 29.3 Å². The Kier molecular flexibility index (Phi) is 6.19. The van der Waals surface area contributed by atoms with Gasteiger partial charge in [0.2, 0.25) is 5.91 Å². The Morgan fingerprint density at radius 1 is 1.39 bits per heavy atom. The van der Waals surface area contributed by atoms with Crippen LogP contribution in [-0.2, 0) is 11.2 Å². The van der Waals surface area contributed by atoms with Crippen LogP contribution in [0.1, 0.15) is 43.6 Å². The number of fused-ring (bicyclic) bond motifs is 1. The highest BCUT2D eigenvalue weighted by Gasteiger charge is 2.30. The van der Waals surface area contributed by atoms with Crippen molar-refractivity contribution in [1.82, 2.24) is 5.32 Å². The van der Waals surface area contributed by atoms with Crippen LogP contribution in [0.4, 0.5) is 5.69 Å². The van der Waals surface area contributed by atoms with Crippen LogP contribution in [0.5, 0.6) is 0 Å². The molecule has 1 aliphatic rings. The van der Waals surface area contributed by atoms with Gasteiger partial charge in [-0.3, -0.25) is 9.59 Å². The molecule has 0 saturated carbocycles. The molecule has 1 atom stereocenters. The van der Waals surface area contributed by atoms with E-state index in [1.54, 1.807) is 17.9 Å². The van der Waals surface area contributed by atoms with Crippen LogP contribution in [0.15, 0.2) is 18.2 Å². The standard InChI is InChI=1S/C17H25N3O2.ClH/c1-11(2)17(4,10-18)19-16(22)14-5-6-15-13(9-14)7-8-20(15)12(3)21;/h5-6,9,11H,7-8,10,18H2,1-4H3,(H,19,22);1H. The number of benzene rings is 1. The van der Waals surface area contributed by atoms with Crippen LogP contribution in [0.3, 0.4) is 0 Å². The maximum Gasteiger partial charge on any atom is 0.251 e. The molecule has 1 heterocycles. The molecule has 5 nitrogen and oxygen atoms in total. The summed E-state index contributed by atoms with van der Waals surface area (Å²) in [6.07, 6.45) is 0.786. The van der Waals surface area contributed by atoms with Gasteiger partial charge in [-0.1, -0.05) is 13.8 Å². The number of carbonyl (C=O) groups excluding carboxylic acids is 2. The molecule has 0 spiro atoms. The molecule has 23 heavy (non-hydrogen) atoms. The van der Waals surface area contributed by atoms with Crippen molar-refractivity contribution in [1.29, 1.82) is 0 Å². The van der Waals surface area contributed by atoms with E-state index in [-0.39, 0.29) is 30.1 Å². The first kappa shape index (κ1) is 19.5. The maximum atomic E-state index is 12.5. The molecule has 0 aromatic heterocycles. The van der Waals surface area contributed by atoms with Gasteiger partial charge in [0.15, 0.2) is 0 Å². The van der Waals surface area contributed by atoms with Gasteiger partial charge in [-0.25, -0.2) is 0 Å². The summed E-state index contributed by atoms with van der Waals surface area (Å²) in [6.45, 7) is 8.67. The Morgan fingerprint density at radius 3 is 2.57 bits per heavy atom. The Bertz CT molecular complexity index is 604. The molecule has 1 unspecified atom stereocenters. The summed E-state index contributed by atoms with van der Waals surface area (Å²) in [5, 5.41) is 3.04. The van der Waals surface area contributed by atoms with Crippen molar-refractivity contribution >= 4 is 29.9 Å². The summed E-state index contributed by atoms with van der Waals surface area (Å²) in [7, 11) is 0. The Morgan fingerprint density at radius 2 is 2.04 bits per heavy atom. The number of nitrogens with one attached hydrogen (secondary N) is 1. The van der Waals surface area contributed by atoms with E-state index in [0.29, 0.717) is 18.7 Å². The minimum Gasteiger partial charge on any atom is -0.345 e. The topological polar surface area (TPSA) is 75.4 Å². The van der Waals surface area contributed by atoms with Gasteiger partial charge in [0.05, 0.1) is 5.54 Å². The summed E-state index contributed by atoms with van der Waals surface area (Å²) in [5.74, 6) is 0.154. The number of carbonyl (C=O) groups is 2. The Labute approximate surface area is 144 Å². The van der Waals surface area contributed by atoms with E-state index >= 15 is 0 Å². The zero-order chi connectivity index (χ0) is 16.5.